The van der Waals surface area contributed by atoms with Crippen LogP contribution in [0.2, 0.25) is 8.67 Å². The van der Waals surface area contributed by atoms with Crippen molar-refractivity contribution in [2.75, 3.05) is 6.61 Å². The van der Waals surface area contributed by atoms with E-state index in [1.807, 2.05) is 12.1 Å². The van der Waals surface area contributed by atoms with E-state index < -0.39 is 0 Å². The molecule has 0 unspecified atom stereocenters. The molecular weight excluding hydrogens is 359 g/mol. The van der Waals surface area contributed by atoms with Gasteiger partial charge in [0.05, 0.1) is 9.90 Å². The lowest BCUT2D eigenvalue weighted by molar-refractivity contribution is 0.0922. The van der Waals surface area contributed by atoms with Crippen LogP contribution < -0.4 is 4.74 Å². The second kappa shape index (κ2) is 6.06. The molecule has 18 heavy (non-hydrogen) atoms. The van der Waals surface area contributed by atoms with Crippen molar-refractivity contribution >= 4 is 56.3 Å². The van der Waals surface area contributed by atoms with Crippen molar-refractivity contribution < 1.29 is 9.53 Å². The molecule has 0 bridgehead atoms. The van der Waals surface area contributed by atoms with Crippen molar-refractivity contribution in [3.8, 4) is 5.75 Å². The van der Waals surface area contributed by atoms with Gasteiger partial charge in [0.1, 0.15) is 10.1 Å². The zero-order valence-corrected chi connectivity index (χ0v) is 12.9. The van der Waals surface area contributed by atoms with Gasteiger partial charge in [-0.25, -0.2) is 0 Å². The summed E-state index contributed by atoms with van der Waals surface area (Å²) in [6, 6.07) is 8.80. The highest BCUT2D eigenvalue weighted by molar-refractivity contribution is 9.10. The average Bonchev–Trinajstić information content (AvgIpc) is 2.67. The highest BCUT2D eigenvalue weighted by atomic mass is 79.9. The zero-order valence-electron chi connectivity index (χ0n) is 8.95. The third-order valence-electron chi connectivity index (χ3n) is 2.14. The Bertz CT molecular complexity index is 566. The summed E-state index contributed by atoms with van der Waals surface area (Å²) in [6.45, 7) is -0.0611. The quantitative estimate of drug-likeness (QED) is 0.706. The van der Waals surface area contributed by atoms with E-state index in [9.17, 15) is 4.79 Å². The lowest BCUT2D eigenvalue weighted by Gasteiger charge is -2.04. The minimum absolute atomic E-state index is 0.0611. The van der Waals surface area contributed by atoms with Crippen LogP contribution in [0.25, 0.3) is 0 Å². The van der Waals surface area contributed by atoms with Crippen LogP contribution in [0.1, 0.15) is 10.4 Å². The van der Waals surface area contributed by atoms with Gasteiger partial charge in [0.25, 0.3) is 0 Å². The van der Waals surface area contributed by atoms with Crippen LogP contribution in [0.5, 0.6) is 5.75 Å². The molecule has 0 saturated heterocycles. The summed E-state index contributed by atoms with van der Waals surface area (Å²) in [5.41, 5.74) is 0.406. The molecule has 0 saturated carbocycles. The first-order valence-electron chi connectivity index (χ1n) is 4.92. The van der Waals surface area contributed by atoms with Crippen molar-refractivity contribution in [3.05, 3.63) is 49.0 Å². The molecule has 6 heteroatoms. The van der Waals surface area contributed by atoms with Crippen LogP contribution in [0.4, 0.5) is 0 Å². The van der Waals surface area contributed by atoms with Crippen molar-refractivity contribution in [3.63, 3.8) is 0 Å². The van der Waals surface area contributed by atoms with Crippen molar-refractivity contribution in [2.24, 2.45) is 0 Å². The Balaban J connectivity index is 2.00. The lowest BCUT2D eigenvalue weighted by Crippen LogP contribution is -2.11. The first-order chi connectivity index (χ1) is 8.56. The minimum Gasteiger partial charge on any atom is -0.485 e. The SMILES string of the molecule is O=C(COc1ccc(Br)cc1)c1cc(Cl)sc1Cl. The largest absolute Gasteiger partial charge is 0.485 e. The summed E-state index contributed by atoms with van der Waals surface area (Å²) < 4.78 is 7.21. The average molecular weight is 366 g/mol. The van der Waals surface area contributed by atoms with Crippen LogP contribution in [-0.2, 0) is 0 Å². The molecule has 0 N–H and O–H groups in total. The Labute approximate surface area is 127 Å². The number of hydrogen-bond acceptors (Lipinski definition) is 3. The molecule has 2 aromatic rings. The topological polar surface area (TPSA) is 26.3 Å². The predicted octanol–water partition coefficient (Wildman–Crippen LogP) is 5.08. The monoisotopic (exact) mass is 364 g/mol. The second-order valence-corrected chi connectivity index (χ2v) is 6.60. The van der Waals surface area contributed by atoms with Gasteiger partial charge in [-0.3, -0.25) is 4.79 Å². The summed E-state index contributed by atoms with van der Waals surface area (Å²) in [5, 5.41) is 0. The molecular formula is C12H7BrCl2O2S. The van der Waals surface area contributed by atoms with Gasteiger partial charge in [-0.2, -0.15) is 0 Å². The molecule has 0 amide bonds. The van der Waals surface area contributed by atoms with Gasteiger partial charge in [0.2, 0.25) is 5.78 Å². The van der Waals surface area contributed by atoms with Crippen LogP contribution in [0, 0.1) is 0 Å². The maximum atomic E-state index is 11.8. The highest BCUT2D eigenvalue weighted by Crippen LogP contribution is 2.31. The maximum Gasteiger partial charge on any atom is 0.202 e. The third kappa shape index (κ3) is 3.48. The van der Waals surface area contributed by atoms with E-state index in [4.69, 9.17) is 27.9 Å². The Morgan fingerprint density at radius 1 is 1.28 bits per heavy atom. The van der Waals surface area contributed by atoms with Crippen LogP contribution in [0.15, 0.2) is 34.8 Å². The van der Waals surface area contributed by atoms with Gasteiger partial charge in [0.15, 0.2) is 6.61 Å². The summed E-state index contributed by atoms with van der Waals surface area (Å²) in [4.78, 5) is 11.8. The van der Waals surface area contributed by atoms with Crippen molar-refractivity contribution in [1.82, 2.24) is 0 Å². The number of ether oxygens (including phenoxy) is 1. The molecule has 94 valence electrons. The lowest BCUT2D eigenvalue weighted by atomic mass is 10.2. The fourth-order valence-electron chi connectivity index (χ4n) is 1.29. The number of ketones is 1. The standard InChI is InChI=1S/C12H7BrCl2O2S/c13-7-1-3-8(4-2-7)17-6-10(16)9-5-11(14)18-12(9)15/h1-5H,6H2. The highest BCUT2D eigenvalue weighted by Gasteiger charge is 2.14. The molecule has 0 aliphatic rings. The molecule has 1 aromatic heterocycles. The van der Waals surface area contributed by atoms with Crippen LogP contribution >= 0.6 is 50.5 Å². The van der Waals surface area contributed by atoms with Gasteiger partial charge < -0.3 is 4.74 Å². The molecule has 0 spiro atoms. The Morgan fingerprint density at radius 3 is 2.50 bits per heavy atom. The smallest absolute Gasteiger partial charge is 0.202 e. The molecule has 0 atom stereocenters. The summed E-state index contributed by atoms with van der Waals surface area (Å²) in [6.07, 6.45) is 0. The summed E-state index contributed by atoms with van der Waals surface area (Å²) >= 11 is 16.2. The van der Waals surface area contributed by atoms with Crippen LogP contribution in [0.3, 0.4) is 0 Å². The molecule has 1 aromatic carbocycles. The van der Waals surface area contributed by atoms with Gasteiger partial charge in [-0.1, -0.05) is 39.1 Å². The van der Waals surface area contributed by atoms with E-state index in [1.54, 1.807) is 18.2 Å². The zero-order chi connectivity index (χ0) is 13.1. The van der Waals surface area contributed by atoms with Crippen LogP contribution in [-0.4, -0.2) is 12.4 Å². The second-order valence-electron chi connectivity index (χ2n) is 3.40. The van der Waals surface area contributed by atoms with Gasteiger partial charge in [-0.05, 0) is 30.3 Å². The van der Waals surface area contributed by atoms with Crippen molar-refractivity contribution in [1.29, 1.82) is 0 Å². The number of Topliss-reactive ketones (excluding diaryl/α,β-unsaturated/α-hetero) is 1. The van der Waals surface area contributed by atoms with Crippen molar-refractivity contribution in [2.45, 2.75) is 0 Å². The number of carbonyl (C=O) groups excluding carboxylic acids is 1. The molecule has 0 aliphatic heterocycles. The van der Waals surface area contributed by atoms with E-state index >= 15 is 0 Å². The van der Waals surface area contributed by atoms with E-state index in [0.29, 0.717) is 20.0 Å². The first kappa shape index (κ1) is 13.9. The molecule has 2 nitrogen and oxygen atoms in total. The molecule has 2 rings (SSSR count). The fraction of sp³-hybridized carbons (Fsp3) is 0.0833. The number of carbonyl (C=O) groups is 1. The molecule has 0 radical (unpaired) electrons. The van der Waals surface area contributed by atoms with E-state index in [0.717, 1.165) is 4.47 Å². The summed E-state index contributed by atoms with van der Waals surface area (Å²) in [7, 11) is 0. The van der Waals surface area contributed by atoms with Gasteiger partial charge >= 0.3 is 0 Å². The normalized spacial score (nSPS) is 10.4. The predicted molar refractivity (Wildman–Crippen MR) is 78.3 cm³/mol. The maximum absolute atomic E-state index is 11.8. The Kier molecular flexibility index (Phi) is 4.67. The number of halogens is 3. The number of benzene rings is 1. The number of thiophene rings is 1. The first-order valence-corrected chi connectivity index (χ1v) is 7.29. The Morgan fingerprint density at radius 2 is 1.94 bits per heavy atom. The molecule has 1 heterocycles. The minimum atomic E-state index is -0.189. The van der Waals surface area contributed by atoms with E-state index in [-0.39, 0.29) is 12.4 Å². The van der Waals surface area contributed by atoms with E-state index in [2.05, 4.69) is 15.9 Å². The van der Waals surface area contributed by atoms with E-state index in [1.165, 1.54) is 11.3 Å². The number of hydrogen-bond donors (Lipinski definition) is 0. The number of rotatable bonds is 4. The third-order valence-corrected chi connectivity index (χ3v) is 4.16. The van der Waals surface area contributed by atoms with Gasteiger partial charge in [0, 0.05) is 4.47 Å². The summed E-state index contributed by atoms with van der Waals surface area (Å²) in [5.74, 6) is 0.440. The fourth-order valence-corrected chi connectivity index (χ4v) is 3.05. The van der Waals surface area contributed by atoms with Gasteiger partial charge in [-0.15, -0.1) is 11.3 Å². The Hall–Kier alpha value is -0.550. The molecule has 0 aliphatic carbocycles. The molecule has 0 fully saturated rings.